The zero-order chi connectivity index (χ0) is 12.7. The standard InChI is InChI=1S/C13H20Cl2N2/c1-3-5-11(16-6-4-2)8-13-12(15)7-10(14)9-17-13/h7,9,11,16H,3-6,8H2,1-2H3. The summed E-state index contributed by atoms with van der Waals surface area (Å²) in [5, 5.41) is 4.78. The lowest BCUT2D eigenvalue weighted by Gasteiger charge is -2.17. The summed E-state index contributed by atoms with van der Waals surface area (Å²) >= 11 is 12.0. The molecule has 0 amide bonds. The van der Waals surface area contributed by atoms with E-state index < -0.39 is 0 Å². The number of pyridine rings is 1. The lowest BCUT2D eigenvalue weighted by molar-refractivity contribution is 0.469. The van der Waals surface area contributed by atoms with Gasteiger partial charge in [0.05, 0.1) is 15.7 Å². The van der Waals surface area contributed by atoms with Crippen LogP contribution in [0.2, 0.25) is 10.0 Å². The maximum Gasteiger partial charge on any atom is 0.0636 e. The van der Waals surface area contributed by atoms with Gasteiger partial charge < -0.3 is 5.32 Å². The highest BCUT2D eigenvalue weighted by Crippen LogP contribution is 2.20. The Balaban J connectivity index is 2.64. The first-order chi connectivity index (χ1) is 8.17. The molecule has 0 bridgehead atoms. The average Bonchev–Trinajstić information content (AvgIpc) is 2.29. The maximum atomic E-state index is 6.13. The van der Waals surface area contributed by atoms with Crippen LogP contribution in [0.4, 0.5) is 0 Å². The molecule has 0 aliphatic heterocycles. The number of halogens is 2. The van der Waals surface area contributed by atoms with E-state index >= 15 is 0 Å². The van der Waals surface area contributed by atoms with E-state index in [1.807, 2.05) is 0 Å². The molecule has 0 saturated heterocycles. The molecule has 1 unspecified atom stereocenters. The minimum atomic E-state index is 0.450. The van der Waals surface area contributed by atoms with Crippen LogP contribution in [0.3, 0.4) is 0 Å². The second-order valence-electron chi connectivity index (χ2n) is 4.23. The van der Waals surface area contributed by atoms with E-state index in [-0.39, 0.29) is 0 Å². The van der Waals surface area contributed by atoms with Crippen LogP contribution in [0.5, 0.6) is 0 Å². The quantitative estimate of drug-likeness (QED) is 0.810. The highest BCUT2D eigenvalue weighted by Gasteiger charge is 2.11. The van der Waals surface area contributed by atoms with E-state index in [1.54, 1.807) is 12.3 Å². The molecule has 0 aliphatic rings. The van der Waals surface area contributed by atoms with Gasteiger partial charge in [0.1, 0.15) is 0 Å². The van der Waals surface area contributed by atoms with Crippen molar-refractivity contribution in [2.45, 2.75) is 45.6 Å². The van der Waals surface area contributed by atoms with Crippen LogP contribution >= 0.6 is 23.2 Å². The SMILES string of the molecule is CCCNC(CCC)Cc1ncc(Cl)cc1Cl. The van der Waals surface area contributed by atoms with E-state index in [4.69, 9.17) is 23.2 Å². The molecule has 0 spiro atoms. The van der Waals surface area contributed by atoms with Gasteiger partial charge in [-0.1, -0.05) is 43.5 Å². The largest absolute Gasteiger partial charge is 0.314 e. The molecule has 0 aliphatic carbocycles. The molecule has 17 heavy (non-hydrogen) atoms. The molecule has 1 rings (SSSR count). The summed E-state index contributed by atoms with van der Waals surface area (Å²) < 4.78 is 0. The molecule has 2 nitrogen and oxygen atoms in total. The van der Waals surface area contributed by atoms with Crippen LogP contribution in [-0.2, 0) is 6.42 Å². The van der Waals surface area contributed by atoms with Crippen molar-refractivity contribution in [3.8, 4) is 0 Å². The van der Waals surface area contributed by atoms with Crippen molar-refractivity contribution in [3.05, 3.63) is 28.0 Å². The Morgan fingerprint density at radius 3 is 2.65 bits per heavy atom. The van der Waals surface area contributed by atoms with Crippen LogP contribution in [0.25, 0.3) is 0 Å². The Bertz CT molecular complexity index is 342. The number of nitrogens with zero attached hydrogens (tertiary/aromatic N) is 1. The molecular weight excluding hydrogens is 255 g/mol. The second-order valence-corrected chi connectivity index (χ2v) is 5.07. The van der Waals surface area contributed by atoms with E-state index in [0.29, 0.717) is 16.1 Å². The Morgan fingerprint density at radius 1 is 1.29 bits per heavy atom. The zero-order valence-electron chi connectivity index (χ0n) is 10.5. The molecule has 96 valence electrons. The highest BCUT2D eigenvalue weighted by atomic mass is 35.5. The molecule has 4 heteroatoms. The van der Waals surface area contributed by atoms with Gasteiger partial charge in [0.15, 0.2) is 0 Å². The molecule has 0 radical (unpaired) electrons. The van der Waals surface area contributed by atoms with Gasteiger partial charge in [0.2, 0.25) is 0 Å². The van der Waals surface area contributed by atoms with Crippen molar-refractivity contribution in [2.75, 3.05) is 6.54 Å². The highest BCUT2D eigenvalue weighted by molar-refractivity contribution is 6.34. The summed E-state index contributed by atoms with van der Waals surface area (Å²) in [6.07, 6.45) is 5.96. The summed E-state index contributed by atoms with van der Waals surface area (Å²) in [6.45, 7) is 5.40. The monoisotopic (exact) mass is 274 g/mol. The zero-order valence-corrected chi connectivity index (χ0v) is 12.0. The summed E-state index contributed by atoms with van der Waals surface area (Å²) in [5.74, 6) is 0. The van der Waals surface area contributed by atoms with Gasteiger partial charge >= 0.3 is 0 Å². The fraction of sp³-hybridized carbons (Fsp3) is 0.615. The normalized spacial score (nSPS) is 12.7. The van der Waals surface area contributed by atoms with Gasteiger partial charge in [-0.3, -0.25) is 4.98 Å². The van der Waals surface area contributed by atoms with Crippen molar-refractivity contribution in [3.63, 3.8) is 0 Å². The third-order valence-electron chi connectivity index (χ3n) is 2.64. The Kier molecular flexibility index (Phi) is 6.86. The first-order valence-corrected chi connectivity index (χ1v) is 6.96. The molecule has 0 aromatic carbocycles. The number of nitrogens with one attached hydrogen (secondary N) is 1. The van der Waals surface area contributed by atoms with Crippen molar-refractivity contribution >= 4 is 23.2 Å². The second kappa shape index (κ2) is 7.91. The first kappa shape index (κ1) is 14.7. The topological polar surface area (TPSA) is 24.9 Å². The van der Waals surface area contributed by atoms with Gasteiger partial charge in [-0.15, -0.1) is 0 Å². The molecule has 0 saturated carbocycles. The van der Waals surface area contributed by atoms with Crippen LogP contribution in [0.15, 0.2) is 12.3 Å². The molecule has 1 aromatic rings. The van der Waals surface area contributed by atoms with Gasteiger partial charge in [-0.2, -0.15) is 0 Å². The lowest BCUT2D eigenvalue weighted by atomic mass is 10.1. The molecule has 0 fully saturated rings. The van der Waals surface area contributed by atoms with E-state index in [9.17, 15) is 0 Å². The minimum absolute atomic E-state index is 0.450. The Hall–Kier alpha value is -0.310. The predicted molar refractivity (Wildman–Crippen MR) is 75.0 cm³/mol. The fourth-order valence-corrected chi connectivity index (χ4v) is 2.26. The summed E-state index contributed by atoms with van der Waals surface area (Å²) in [7, 11) is 0. The number of hydrogen-bond donors (Lipinski definition) is 1. The molecular formula is C13H20Cl2N2. The summed E-state index contributed by atoms with van der Waals surface area (Å²) in [5.41, 5.74) is 0.929. The third kappa shape index (κ3) is 5.24. The predicted octanol–water partition coefficient (Wildman–Crippen LogP) is 4.10. The fourth-order valence-electron chi connectivity index (χ4n) is 1.80. The Morgan fingerprint density at radius 2 is 2.06 bits per heavy atom. The van der Waals surface area contributed by atoms with Crippen molar-refractivity contribution in [1.82, 2.24) is 10.3 Å². The van der Waals surface area contributed by atoms with Gasteiger partial charge in [-0.05, 0) is 25.5 Å². The molecule has 1 atom stereocenters. The summed E-state index contributed by atoms with van der Waals surface area (Å²) in [4.78, 5) is 4.30. The van der Waals surface area contributed by atoms with Crippen molar-refractivity contribution in [2.24, 2.45) is 0 Å². The smallest absolute Gasteiger partial charge is 0.0636 e. The minimum Gasteiger partial charge on any atom is -0.314 e. The summed E-state index contributed by atoms with van der Waals surface area (Å²) in [6, 6.07) is 2.21. The van der Waals surface area contributed by atoms with Gasteiger partial charge in [-0.25, -0.2) is 0 Å². The third-order valence-corrected chi connectivity index (χ3v) is 3.18. The van der Waals surface area contributed by atoms with Crippen LogP contribution < -0.4 is 5.32 Å². The number of aromatic nitrogens is 1. The van der Waals surface area contributed by atoms with Gasteiger partial charge in [0, 0.05) is 18.7 Å². The van der Waals surface area contributed by atoms with E-state index in [2.05, 4.69) is 24.1 Å². The number of hydrogen-bond acceptors (Lipinski definition) is 2. The molecule has 1 aromatic heterocycles. The van der Waals surface area contributed by atoms with Gasteiger partial charge in [0.25, 0.3) is 0 Å². The van der Waals surface area contributed by atoms with Crippen molar-refractivity contribution in [1.29, 1.82) is 0 Å². The first-order valence-electron chi connectivity index (χ1n) is 6.20. The average molecular weight is 275 g/mol. The lowest BCUT2D eigenvalue weighted by Crippen LogP contribution is -2.32. The molecule has 1 heterocycles. The maximum absolute atomic E-state index is 6.13. The van der Waals surface area contributed by atoms with Crippen LogP contribution in [0.1, 0.15) is 38.8 Å². The van der Waals surface area contributed by atoms with E-state index in [0.717, 1.165) is 37.9 Å². The van der Waals surface area contributed by atoms with E-state index in [1.165, 1.54) is 0 Å². The number of rotatable bonds is 7. The van der Waals surface area contributed by atoms with Crippen LogP contribution in [-0.4, -0.2) is 17.6 Å². The Labute approximate surface area is 114 Å². The van der Waals surface area contributed by atoms with Crippen molar-refractivity contribution < 1.29 is 0 Å². The van der Waals surface area contributed by atoms with Crippen LogP contribution in [0, 0.1) is 0 Å². The molecule has 1 N–H and O–H groups in total.